The van der Waals surface area contributed by atoms with Crippen molar-refractivity contribution in [3.05, 3.63) is 35.4 Å². The third-order valence-corrected chi connectivity index (χ3v) is 4.77. The molecule has 0 amide bonds. The van der Waals surface area contributed by atoms with Gasteiger partial charge in [-0.1, -0.05) is 29.4 Å². The first-order valence-corrected chi connectivity index (χ1v) is 7.22. The topological polar surface area (TPSA) is 105 Å². The highest BCUT2D eigenvalue weighted by Crippen LogP contribution is 2.14. The van der Waals surface area contributed by atoms with Crippen LogP contribution >= 0.6 is 0 Å². The van der Waals surface area contributed by atoms with Gasteiger partial charge in [0.15, 0.2) is 5.84 Å². The Morgan fingerprint density at radius 1 is 1.32 bits per heavy atom. The first-order chi connectivity index (χ1) is 8.67. The summed E-state index contributed by atoms with van der Waals surface area (Å²) < 4.78 is 25.4. The molecule has 0 spiro atoms. The number of hydrogen-bond acceptors (Lipinski definition) is 4. The highest BCUT2D eigenvalue weighted by molar-refractivity contribution is 7.90. The number of hydrogen-bond donors (Lipinski definition) is 3. The fraction of sp³-hybridized carbons (Fsp3) is 0.417. The number of nitrogens with two attached hydrogens (primary N) is 1. The van der Waals surface area contributed by atoms with Crippen LogP contribution in [0.4, 0.5) is 0 Å². The quantitative estimate of drug-likeness (QED) is 0.332. The molecule has 0 saturated heterocycles. The first-order valence-electron chi connectivity index (χ1n) is 5.73. The van der Waals surface area contributed by atoms with Gasteiger partial charge in [-0.25, -0.2) is 13.1 Å². The number of amidine groups is 1. The van der Waals surface area contributed by atoms with E-state index in [9.17, 15) is 8.42 Å². The van der Waals surface area contributed by atoms with Gasteiger partial charge in [0, 0.05) is 12.1 Å². The van der Waals surface area contributed by atoms with E-state index in [1.807, 2.05) is 0 Å². The third-order valence-electron chi connectivity index (χ3n) is 2.63. The maximum Gasteiger partial charge on any atom is 0.216 e. The lowest BCUT2D eigenvalue weighted by molar-refractivity contribution is 0.318. The molecule has 1 aromatic rings. The number of sulfonamides is 1. The Morgan fingerprint density at radius 3 is 2.26 bits per heavy atom. The molecule has 0 aliphatic heterocycles. The van der Waals surface area contributed by atoms with E-state index < -0.39 is 14.8 Å². The van der Waals surface area contributed by atoms with Crippen LogP contribution in [-0.4, -0.2) is 24.2 Å². The zero-order chi connectivity index (χ0) is 14.7. The van der Waals surface area contributed by atoms with Gasteiger partial charge in [-0.15, -0.1) is 0 Å². The SMILES string of the molecule is CC(C)(C)S(=O)(=O)NCc1ccc(C(N)=NO)cc1. The Bertz CT molecular complexity index is 557. The van der Waals surface area contributed by atoms with Crippen molar-refractivity contribution in [3.8, 4) is 0 Å². The molecule has 0 aliphatic carbocycles. The summed E-state index contributed by atoms with van der Waals surface area (Å²) in [5, 5.41) is 11.4. The van der Waals surface area contributed by atoms with Gasteiger partial charge in [-0.2, -0.15) is 0 Å². The molecule has 0 heterocycles. The summed E-state index contributed by atoms with van der Waals surface area (Å²) >= 11 is 0. The summed E-state index contributed by atoms with van der Waals surface area (Å²) in [6.07, 6.45) is 0. The second kappa shape index (κ2) is 5.58. The molecule has 1 rings (SSSR count). The van der Waals surface area contributed by atoms with Crippen LogP contribution in [0, 0.1) is 0 Å². The van der Waals surface area contributed by atoms with Gasteiger partial charge >= 0.3 is 0 Å². The summed E-state index contributed by atoms with van der Waals surface area (Å²) in [7, 11) is -3.37. The van der Waals surface area contributed by atoms with Crippen LogP contribution in [0.5, 0.6) is 0 Å². The Labute approximate surface area is 113 Å². The van der Waals surface area contributed by atoms with Crippen molar-refractivity contribution in [3.63, 3.8) is 0 Å². The first kappa shape index (κ1) is 15.5. The molecular weight excluding hydrogens is 266 g/mol. The van der Waals surface area contributed by atoms with Crippen molar-refractivity contribution >= 4 is 15.9 Å². The van der Waals surface area contributed by atoms with Crippen LogP contribution in [0.15, 0.2) is 29.4 Å². The maximum atomic E-state index is 11.9. The van der Waals surface area contributed by atoms with E-state index in [1.165, 1.54) is 0 Å². The molecule has 19 heavy (non-hydrogen) atoms. The lowest BCUT2D eigenvalue weighted by Gasteiger charge is -2.19. The maximum absolute atomic E-state index is 11.9. The molecule has 0 radical (unpaired) electrons. The van der Waals surface area contributed by atoms with E-state index in [1.54, 1.807) is 45.0 Å². The summed E-state index contributed by atoms with van der Waals surface area (Å²) in [4.78, 5) is 0. The highest BCUT2D eigenvalue weighted by Gasteiger charge is 2.28. The lowest BCUT2D eigenvalue weighted by Crippen LogP contribution is -2.38. The predicted molar refractivity (Wildman–Crippen MR) is 74.5 cm³/mol. The lowest BCUT2D eigenvalue weighted by atomic mass is 10.1. The van der Waals surface area contributed by atoms with Crippen molar-refractivity contribution < 1.29 is 13.6 Å². The van der Waals surface area contributed by atoms with E-state index in [0.717, 1.165) is 5.56 Å². The molecule has 1 aromatic carbocycles. The fourth-order valence-electron chi connectivity index (χ4n) is 1.25. The molecule has 0 aromatic heterocycles. The van der Waals surface area contributed by atoms with Crippen LogP contribution in [0.3, 0.4) is 0 Å². The summed E-state index contributed by atoms with van der Waals surface area (Å²) in [5.41, 5.74) is 6.80. The van der Waals surface area contributed by atoms with Gasteiger partial charge in [-0.05, 0) is 26.3 Å². The largest absolute Gasteiger partial charge is 0.409 e. The van der Waals surface area contributed by atoms with Gasteiger partial charge in [-0.3, -0.25) is 0 Å². The average molecular weight is 285 g/mol. The van der Waals surface area contributed by atoms with Gasteiger partial charge < -0.3 is 10.9 Å². The number of oxime groups is 1. The van der Waals surface area contributed by atoms with E-state index in [2.05, 4.69) is 9.88 Å². The van der Waals surface area contributed by atoms with Gasteiger partial charge in [0.1, 0.15) is 0 Å². The molecule has 0 unspecified atom stereocenters. The van der Waals surface area contributed by atoms with Crippen molar-refractivity contribution in [2.75, 3.05) is 0 Å². The normalized spacial score (nSPS) is 13.5. The summed E-state index contributed by atoms with van der Waals surface area (Å²) in [6, 6.07) is 6.77. The van der Waals surface area contributed by atoms with E-state index in [0.29, 0.717) is 5.56 Å². The van der Waals surface area contributed by atoms with Crippen molar-refractivity contribution in [2.45, 2.75) is 32.1 Å². The minimum absolute atomic E-state index is 0.0156. The Hall–Kier alpha value is -1.60. The van der Waals surface area contributed by atoms with Crippen molar-refractivity contribution in [1.29, 1.82) is 0 Å². The van der Waals surface area contributed by atoms with Gasteiger partial charge in [0.2, 0.25) is 10.0 Å². The second-order valence-electron chi connectivity index (χ2n) is 5.12. The molecule has 0 saturated carbocycles. The number of rotatable bonds is 4. The van der Waals surface area contributed by atoms with E-state index >= 15 is 0 Å². The van der Waals surface area contributed by atoms with Gasteiger partial charge in [0.05, 0.1) is 4.75 Å². The Morgan fingerprint density at radius 2 is 1.84 bits per heavy atom. The van der Waals surface area contributed by atoms with Crippen LogP contribution < -0.4 is 10.5 Å². The van der Waals surface area contributed by atoms with Crippen LogP contribution in [0.25, 0.3) is 0 Å². The Kier molecular flexibility index (Phi) is 4.54. The summed E-state index contributed by atoms with van der Waals surface area (Å²) in [6.45, 7) is 5.11. The minimum atomic E-state index is -3.37. The molecule has 0 fully saturated rings. The molecule has 6 nitrogen and oxygen atoms in total. The van der Waals surface area contributed by atoms with Crippen LogP contribution in [-0.2, 0) is 16.6 Å². The molecule has 106 valence electrons. The fourth-order valence-corrected chi connectivity index (χ4v) is 2.04. The zero-order valence-electron chi connectivity index (χ0n) is 11.2. The van der Waals surface area contributed by atoms with E-state index in [-0.39, 0.29) is 12.4 Å². The summed E-state index contributed by atoms with van der Waals surface area (Å²) in [5.74, 6) is 0.0156. The zero-order valence-corrected chi connectivity index (χ0v) is 12.0. The highest BCUT2D eigenvalue weighted by atomic mass is 32.2. The second-order valence-corrected chi connectivity index (χ2v) is 7.64. The minimum Gasteiger partial charge on any atom is -0.409 e. The van der Waals surface area contributed by atoms with Crippen molar-refractivity contribution in [1.82, 2.24) is 4.72 Å². The van der Waals surface area contributed by atoms with Crippen LogP contribution in [0.1, 0.15) is 31.9 Å². The molecule has 4 N–H and O–H groups in total. The van der Waals surface area contributed by atoms with Crippen molar-refractivity contribution in [2.24, 2.45) is 10.9 Å². The average Bonchev–Trinajstić information content (AvgIpc) is 2.35. The molecule has 0 aliphatic rings. The standard InChI is InChI=1S/C12H19N3O3S/c1-12(2,3)19(17,18)14-8-9-4-6-10(7-5-9)11(13)15-16/h4-7,14,16H,8H2,1-3H3,(H2,13,15). The molecule has 0 atom stereocenters. The smallest absolute Gasteiger partial charge is 0.216 e. The van der Waals surface area contributed by atoms with E-state index in [4.69, 9.17) is 10.9 Å². The number of benzene rings is 1. The Balaban J connectivity index is 2.76. The predicted octanol–water partition coefficient (Wildman–Crippen LogP) is 0.999. The third kappa shape index (κ3) is 3.93. The number of nitrogens with zero attached hydrogens (tertiary/aromatic N) is 1. The monoisotopic (exact) mass is 285 g/mol. The molecule has 7 heteroatoms. The van der Waals surface area contributed by atoms with Gasteiger partial charge in [0.25, 0.3) is 0 Å². The molecule has 0 bridgehead atoms. The molecular formula is C12H19N3O3S. The van der Waals surface area contributed by atoms with Crippen LogP contribution in [0.2, 0.25) is 0 Å². The number of nitrogens with one attached hydrogen (secondary N) is 1.